The van der Waals surface area contributed by atoms with Crippen LogP contribution in [0.2, 0.25) is 5.02 Å². The third kappa shape index (κ3) is 5.47. The molecule has 0 saturated heterocycles. The van der Waals surface area contributed by atoms with Crippen LogP contribution < -0.4 is 10.0 Å². The number of halogens is 1. The van der Waals surface area contributed by atoms with Gasteiger partial charge < -0.3 is 5.32 Å². The van der Waals surface area contributed by atoms with Gasteiger partial charge in [0.05, 0.1) is 21.3 Å². The largest absolute Gasteiger partial charge is 0.325 e. The predicted molar refractivity (Wildman–Crippen MR) is 102 cm³/mol. The molecular formula is C18H21ClN2O3S. The number of hydrogen-bond donors (Lipinski definition) is 2. The zero-order valence-electron chi connectivity index (χ0n) is 14.2. The molecule has 2 N–H and O–H groups in total. The van der Waals surface area contributed by atoms with Crippen LogP contribution in [-0.4, -0.2) is 14.3 Å². The molecule has 25 heavy (non-hydrogen) atoms. The Morgan fingerprint density at radius 3 is 2.40 bits per heavy atom. The van der Waals surface area contributed by atoms with Gasteiger partial charge in [-0.25, -0.2) is 8.42 Å². The first-order valence-corrected chi connectivity index (χ1v) is 9.87. The number of rotatable bonds is 7. The lowest BCUT2D eigenvalue weighted by Crippen LogP contribution is -2.14. The van der Waals surface area contributed by atoms with Gasteiger partial charge in [-0.05, 0) is 43.7 Å². The van der Waals surface area contributed by atoms with Crippen molar-refractivity contribution in [2.45, 2.75) is 38.0 Å². The molecule has 0 aliphatic heterocycles. The zero-order chi connectivity index (χ0) is 18.4. The molecule has 2 rings (SSSR count). The van der Waals surface area contributed by atoms with Crippen molar-refractivity contribution in [3.05, 3.63) is 53.1 Å². The van der Waals surface area contributed by atoms with E-state index >= 15 is 0 Å². The van der Waals surface area contributed by atoms with Crippen LogP contribution in [-0.2, 0) is 14.8 Å². The number of hydrogen-bond acceptors (Lipinski definition) is 3. The summed E-state index contributed by atoms with van der Waals surface area (Å²) in [5.41, 5.74) is 1.77. The van der Waals surface area contributed by atoms with Crippen LogP contribution in [0.25, 0.3) is 0 Å². The van der Waals surface area contributed by atoms with Crippen LogP contribution in [0.5, 0.6) is 0 Å². The highest BCUT2D eigenvalue weighted by Crippen LogP contribution is 2.27. The Hall–Kier alpha value is -2.05. The molecule has 5 nitrogen and oxygen atoms in total. The fraction of sp³-hybridized carbons (Fsp3) is 0.278. The first-order valence-electron chi connectivity index (χ1n) is 8.00. The molecule has 0 heterocycles. The fourth-order valence-corrected chi connectivity index (χ4v) is 3.44. The molecular weight excluding hydrogens is 360 g/mol. The summed E-state index contributed by atoms with van der Waals surface area (Å²) in [6, 6.07) is 11.2. The zero-order valence-corrected chi connectivity index (χ0v) is 15.7. The Bertz CT molecular complexity index is 849. The van der Waals surface area contributed by atoms with Gasteiger partial charge in [-0.1, -0.05) is 42.6 Å². The molecule has 0 fully saturated rings. The van der Waals surface area contributed by atoms with Gasteiger partial charge in [0.25, 0.3) is 10.0 Å². The summed E-state index contributed by atoms with van der Waals surface area (Å²) < 4.78 is 27.2. The number of aryl methyl sites for hydroxylation is 1. The number of carbonyl (C=O) groups excluding carboxylic acids is 1. The van der Waals surface area contributed by atoms with Gasteiger partial charge in [0.1, 0.15) is 0 Å². The summed E-state index contributed by atoms with van der Waals surface area (Å²) in [4.78, 5) is 11.9. The molecule has 0 aliphatic carbocycles. The Balaban J connectivity index is 2.12. The van der Waals surface area contributed by atoms with Crippen molar-refractivity contribution in [2.24, 2.45) is 0 Å². The lowest BCUT2D eigenvalue weighted by atomic mass is 10.2. The lowest BCUT2D eigenvalue weighted by molar-refractivity contribution is -0.116. The van der Waals surface area contributed by atoms with E-state index in [1.54, 1.807) is 36.4 Å². The van der Waals surface area contributed by atoms with E-state index in [1.165, 1.54) is 6.07 Å². The van der Waals surface area contributed by atoms with E-state index in [0.717, 1.165) is 18.4 Å². The number of nitrogens with one attached hydrogen (secondary N) is 2. The molecule has 0 aromatic heterocycles. The minimum absolute atomic E-state index is 0.114. The third-order valence-electron chi connectivity index (χ3n) is 3.58. The number of benzene rings is 2. The van der Waals surface area contributed by atoms with Crippen molar-refractivity contribution in [3.63, 3.8) is 0 Å². The second-order valence-corrected chi connectivity index (χ2v) is 7.85. The van der Waals surface area contributed by atoms with Crippen molar-refractivity contribution >= 4 is 38.9 Å². The van der Waals surface area contributed by atoms with Gasteiger partial charge in [-0.2, -0.15) is 0 Å². The summed E-state index contributed by atoms with van der Waals surface area (Å²) >= 11 is 6.15. The van der Waals surface area contributed by atoms with Crippen LogP contribution >= 0.6 is 11.6 Å². The van der Waals surface area contributed by atoms with Crippen LogP contribution in [0, 0.1) is 6.92 Å². The smallest absolute Gasteiger partial charge is 0.261 e. The van der Waals surface area contributed by atoms with Gasteiger partial charge in [0, 0.05) is 6.42 Å². The van der Waals surface area contributed by atoms with Gasteiger partial charge in [0.15, 0.2) is 0 Å². The summed E-state index contributed by atoms with van der Waals surface area (Å²) in [7, 11) is -3.69. The summed E-state index contributed by atoms with van der Waals surface area (Å²) in [6.07, 6.45) is 2.16. The number of amides is 1. The normalized spacial score (nSPS) is 11.2. The maximum Gasteiger partial charge on any atom is 0.261 e. The molecule has 1 amide bonds. The van der Waals surface area contributed by atoms with Crippen molar-refractivity contribution in [2.75, 3.05) is 10.0 Å². The maximum absolute atomic E-state index is 12.4. The predicted octanol–water partition coefficient (Wildman–Crippen LogP) is 4.58. The molecule has 0 spiro atoms. The topological polar surface area (TPSA) is 75.3 Å². The van der Waals surface area contributed by atoms with E-state index in [4.69, 9.17) is 11.6 Å². The SMILES string of the molecule is CCCCC(=O)Nc1ccc(NS(=O)(=O)c2ccc(C)cc2)cc1Cl. The second-order valence-electron chi connectivity index (χ2n) is 5.76. The van der Waals surface area contributed by atoms with E-state index < -0.39 is 10.0 Å². The number of carbonyl (C=O) groups is 1. The first-order chi connectivity index (χ1) is 11.8. The van der Waals surface area contributed by atoms with E-state index in [-0.39, 0.29) is 15.8 Å². The summed E-state index contributed by atoms with van der Waals surface area (Å²) in [5, 5.41) is 3.00. The standard InChI is InChI=1S/C18H21ClN2O3S/c1-3-4-5-18(22)20-17-11-8-14(12-16(17)19)21-25(23,24)15-9-6-13(2)7-10-15/h6-12,21H,3-5H2,1-2H3,(H,20,22). The van der Waals surface area contributed by atoms with Gasteiger partial charge >= 0.3 is 0 Å². The van der Waals surface area contributed by atoms with Crippen LogP contribution in [0.1, 0.15) is 31.7 Å². The fourth-order valence-electron chi connectivity index (χ4n) is 2.16. The number of unbranched alkanes of at least 4 members (excludes halogenated alkanes) is 1. The molecule has 2 aromatic rings. The van der Waals surface area contributed by atoms with Gasteiger partial charge in [-0.3, -0.25) is 9.52 Å². The van der Waals surface area contributed by atoms with E-state index in [2.05, 4.69) is 10.0 Å². The Kier molecular flexibility index (Phi) is 6.45. The van der Waals surface area contributed by atoms with Crippen molar-refractivity contribution in [1.82, 2.24) is 0 Å². The average Bonchev–Trinajstić information content (AvgIpc) is 2.55. The Morgan fingerprint density at radius 1 is 1.12 bits per heavy atom. The molecule has 0 bridgehead atoms. The first kappa shape index (κ1) is 19.3. The highest BCUT2D eigenvalue weighted by Gasteiger charge is 2.15. The molecule has 0 saturated carbocycles. The average molecular weight is 381 g/mol. The second kappa shape index (κ2) is 8.36. The maximum atomic E-state index is 12.4. The van der Waals surface area contributed by atoms with Crippen molar-refractivity contribution in [3.8, 4) is 0 Å². The Labute approximate surface area is 153 Å². The molecule has 7 heteroatoms. The molecule has 0 unspecified atom stereocenters. The lowest BCUT2D eigenvalue weighted by Gasteiger charge is -2.11. The summed E-state index contributed by atoms with van der Waals surface area (Å²) in [5.74, 6) is -0.114. The number of anilines is 2. The van der Waals surface area contributed by atoms with E-state index in [9.17, 15) is 13.2 Å². The van der Waals surface area contributed by atoms with E-state index in [0.29, 0.717) is 17.8 Å². The number of sulfonamides is 1. The molecule has 2 aromatic carbocycles. The molecule has 0 atom stereocenters. The van der Waals surface area contributed by atoms with E-state index in [1.807, 2.05) is 13.8 Å². The quantitative estimate of drug-likeness (QED) is 0.738. The third-order valence-corrected chi connectivity index (χ3v) is 5.29. The van der Waals surface area contributed by atoms with Gasteiger partial charge in [-0.15, -0.1) is 0 Å². The molecule has 0 radical (unpaired) electrons. The monoisotopic (exact) mass is 380 g/mol. The van der Waals surface area contributed by atoms with Crippen LogP contribution in [0.3, 0.4) is 0 Å². The minimum atomic E-state index is -3.69. The molecule has 0 aliphatic rings. The van der Waals surface area contributed by atoms with Crippen molar-refractivity contribution < 1.29 is 13.2 Å². The van der Waals surface area contributed by atoms with Crippen molar-refractivity contribution in [1.29, 1.82) is 0 Å². The van der Waals surface area contributed by atoms with Crippen LogP contribution in [0.15, 0.2) is 47.4 Å². The van der Waals surface area contributed by atoms with Crippen LogP contribution in [0.4, 0.5) is 11.4 Å². The highest BCUT2D eigenvalue weighted by atomic mass is 35.5. The Morgan fingerprint density at radius 2 is 1.80 bits per heavy atom. The summed E-state index contributed by atoms with van der Waals surface area (Å²) in [6.45, 7) is 3.90. The van der Waals surface area contributed by atoms with Gasteiger partial charge in [0.2, 0.25) is 5.91 Å². The molecule has 134 valence electrons. The highest BCUT2D eigenvalue weighted by molar-refractivity contribution is 7.92. The minimum Gasteiger partial charge on any atom is -0.325 e.